The lowest BCUT2D eigenvalue weighted by atomic mass is 10.0. The second-order valence-electron chi connectivity index (χ2n) is 6.67. The quantitative estimate of drug-likeness (QED) is 0.891. The normalized spacial score (nSPS) is 17.0. The van der Waals surface area contributed by atoms with Gasteiger partial charge in [-0.05, 0) is 38.7 Å². The molecule has 1 aromatic carbocycles. The number of H-pyrrole nitrogens is 2. The minimum atomic E-state index is -0.517. The Bertz CT molecular complexity index is 880. The van der Waals surface area contributed by atoms with Crippen molar-refractivity contribution in [3.63, 3.8) is 0 Å². The maximum Gasteiger partial charge on any atom is 0.325 e. The molecule has 1 aliphatic rings. The summed E-state index contributed by atoms with van der Waals surface area (Å²) in [6, 6.07) is 8.42. The number of hydrogen-bond donors (Lipinski definition) is 2. The number of hydrogen-bond acceptors (Lipinski definition) is 3. The van der Waals surface area contributed by atoms with E-state index in [1.54, 1.807) is 6.92 Å². The SMILES string of the molecule is Cc1ccc(C2CCCN2C(=O)CCc2c(C)[nH]c(=O)[nH]c2=O)cc1. The Labute approximate surface area is 145 Å². The highest BCUT2D eigenvalue weighted by molar-refractivity contribution is 5.77. The van der Waals surface area contributed by atoms with Crippen LogP contribution >= 0.6 is 0 Å². The second-order valence-corrected chi connectivity index (χ2v) is 6.67. The lowest BCUT2D eigenvalue weighted by Gasteiger charge is -2.25. The van der Waals surface area contributed by atoms with Crippen molar-refractivity contribution in [2.75, 3.05) is 6.54 Å². The summed E-state index contributed by atoms with van der Waals surface area (Å²) in [4.78, 5) is 42.6. The molecule has 0 aliphatic carbocycles. The van der Waals surface area contributed by atoms with Gasteiger partial charge in [-0.15, -0.1) is 0 Å². The van der Waals surface area contributed by atoms with Crippen molar-refractivity contribution in [2.45, 2.75) is 45.6 Å². The van der Waals surface area contributed by atoms with E-state index in [1.165, 1.54) is 5.56 Å². The zero-order valence-corrected chi connectivity index (χ0v) is 14.6. The highest BCUT2D eigenvalue weighted by Gasteiger charge is 2.29. The summed E-state index contributed by atoms with van der Waals surface area (Å²) in [5.74, 6) is 0.0491. The summed E-state index contributed by atoms with van der Waals surface area (Å²) in [6.45, 7) is 4.48. The first-order chi connectivity index (χ1) is 12.0. The van der Waals surface area contributed by atoms with Crippen molar-refractivity contribution >= 4 is 5.91 Å². The maximum absolute atomic E-state index is 12.7. The van der Waals surface area contributed by atoms with Crippen LogP contribution in [0.4, 0.5) is 0 Å². The van der Waals surface area contributed by atoms with Crippen LogP contribution in [0.15, 0.2) is 33.9 Å². The van der Waals surface area contributed by atoms with Crippen LogP contribution in [-0.4, -0.2) is 27.3 Å². The maximum atomic E-state index is 12.7. The van der Waals surface area contributed by atoms with Crippen LogP contribution in [0.2, 0.25) is 0 Å². The van der Waals surface area contributed by atoms with E-state index < -0.39 is 11.2 Å². The molecule has 132 valence electrons. The molecule has 2 heterocycles. The van der Waals surface area contributed by atoms with Crippen LogP contribution in [0.3, 0.4) is 0 Å². The van der Waals surface area contributed by atoms with Crippen LogP contribution < -0.4 is 11.2 Å². The number of nitrogens with zero attached hydrogens (tertiary/aromatic N) is 1. The summed E-state index contributed by atoms with van der Waals surface area (Å²) < 4.78 is 0. The predicted octanol–water partition coefficient (Wildman–Crippen LogP) is 1.98. The van der Waals surface area contributed by atoms with Crippen molar-refractivity contribution in [2.24, 2.45) is 0 Å². The van der Waals surface area contributed by atoms with Gasteiger partial charge in [0.25, 0.3) is 5.56 Å². The topological polar surface area (TPSA) is 86.0 Å². The van der Waals surface area contributed by atoms with Crippen molar-refractivity contribution in [1.82, 2.24) is 14.9 Å². The van der Waals surface area contributed by atoms with Crippen LogP contribution in [0.5, 0.6) is 0 Å². The van der Waals surface area contributed by atoms with E-state index in [9.17, 15) is 14.4 Å². The highest BCUT2D eigenvalue weighted by atomic mass is 16.2. The standard InChI is InChI=1S/C19H23N3O3/c1-12-5-7-14(8-6-12)16-4-3-11-22(16)17(23)10-9-15-13(2)20-19(25)21-18(15)24/h5-8,16H,3-4,9-11H2,1-2H3,(H2,20,21,24,25). The summed E-state index contributed by atoms with van der Waals surface area (Å²) in [5, 5.41) is 0. The number of carbonyl (C=O) groups is 1. The van der Waals surface area contributed by atoms with Gasteiger partial charge in [-0.1, -0.05) is 29.8 Å². The lowest BCUT2D eigenvalue weighted by molar-refractivity contribution is -0.132. The molecule has 6 heteroatoms. The van der Waals surface area contributed by atoms with Gasteiger partial charge < -0.3 is 9.88 Å². The third-order valence-electron chi connectivity index (χ3n) is 4.88. The molecule has 2 N–H and O–H groups in total. The van der Waals surface area contributed by atoms with Crippen LogP contribution in [-0.2, 0) is 11.2 Å². The van der Waals surface area contributed by atoms with Crippen molar-refractivity contribution in [3.05, 3.63) is 67.5 Å². The summed E-state index contributed by atoms with van der Waals surface area (Å²) >= 11 is 0. The molecular weight excluding hydrogens is 318 g/mol. The van der Waals surface area contributed by atoms with Gasteiger partial charge in [-0.3, -0.25) is 14.6 Å². The van der Waals surface area contributed by atoms with Gasteiger partial charge in [-0.2, -0.15) is 0 Å². The van der Waals surface area contributed by atoms with Gasteiger partial charge in [-0.25, -0.2) is 4.79 Å². The molecule has 1 aliphatic heterocycles. The molecule has 3 rings (SSSR count). The Hall–Kier alpha value is -2.63. The highest BCUT2D eigenvalue weighted by Crippen LogP contribution is 2.32. The molecule has 1 amide bonds. The van der Waals surface area contributed by atoms with E-state index >= 15 is 0 Å². The Morgan fingerprint density at radius 1 is 1.16 bits per heavy atom. The molecule has 0 saturated carbocycles. The molecule has 6 nitrogen and oxygen atoms in total. The molecule has 1 fully saturated rings. The smallest absolute Gasteiger partial charge is 0.325 e. The summed E-state index contributed by atoms with van der Waals surface area (Å²) in [6.07, 6.45) is 2.54. The van der Waals surface area contributed by atoms with Gasteiger partial charge in [0.05, 0.1) is 6.04 Å². The van der Waals surface area contributed by atoms with E-state index in [-0.39, 0.29) is 18.4 Å². The first-order valence-corrected chi connectivity index (χ1v) is 8.64. The Morgan fingerprint density at radius 2 is 1.88 bits per heavy atom. The minimum absolute atomic E-state index is 0.0491. The molecule has 1 unspecified atom stereocenters. The van der Waals surface area contributed by atoms with Gasteiger partial charge in [0.2, 0.25) is 5.91 Å². The third kappa shape index (κ3) is 3.73. The zero-order valence-electron chi connectivity index (χ0n) is 14.6. The van der Waals surface area contributed by atoms with Gasteiger partial charge in [0, 0.05) is 24.2 Å². The van der Waals surface area contributed by atoms with Gasteiger partial charge in [0.1, 0.15) is 0 Å². The van der Waals surface area contributed by atoms with E-state index in [2.05, 4.69) is 34.2 Å². The minimum Gasteiger partial charge on any atom is -0.336 e. The average molecular weight is 341 g/mol. The number of likely N-dealkylation sites (tertiary alicyclic amines) is 1. The Morgan fingerprint density at radius 3 is 2.56 bits per heavy atom. The second kappa shape index (κ2) is 7.09. The molecule has 1 atom stereocenters. The summed E-state index contributed by atoms with van der Waals surface area (Å²) in [7, 11) is 0. The summed E-state index contributed by atoms with van der Waals surface area (Å²) in [5.41, 5.74) is 2.43. The number of aryl methyl sites for hydroxylation is 2. The first kappa shape index (κ1) is 17.2. The van der Waals surface area contributed by atoms with Crippen molar-refractivity contribution in [1.29, 1.82) is 0 Å². The van der Waals surface area contributed by atoms with Crippen molar-refractivity contribution < 1.29 is 4.79 Å². The molecule has 0 radical (unpaired) electrons. The fraction of sp³-hybridized carbons (Fsp3) is 0.421. The van der Waals surface area contributed by atoms with E-state index in [0.29, 0.717) is 17.7 Å². The average Bonchev–Trinajstić information content (AvgIpc) is 3.04. The number of nitrogens with one attached hydrogen (secondary N) is 2. The molecule has 0 spiro atoms. The fourth-order valence-corrected chi connectivity index (χ4v) is 3.50. The van der Waals surface area contributed by atoms with Crippen molar-refractivity contribution in [3.8, 4) is 0 Å². The van der Waals surface area contributed by atoms with Crippen LogP contribution in [0, 0.1) is 13.8 Å². The predicted molar refractivity (Wildman–Crippen MR) is 95.6 cm³/mol. The molecular formula is C19H23N3O3. The van der Waals surface area contributed by atoms with Crippen LogP contribution in [0.25, 0.3) is 0 Å². The number of carbonyl (C=O) groups excluding carboxylic acids is 1. The number of aromatic amines is 2. The Balaban J connectivity index is 1.71. The van der Waals surface area contributed by atoms with E-state index in [0.717, 1.165) is 24.9 Å². The number of benzene rings is 1. The number of aromatic nitrogens is 2. The van der Waals surface area contributed by atoms with Crippen LogP contribution in [0.1, 0.15) is 47.7 Å². The largest absolute Gasteiger partial charge is 0.336 e. The molecule has 2 aromatic rings. The molecule has 0 bridgehead atoms. The first-order valence-electron chi connectivity index (χ1n) is 8.64. The number of amides is 1. The zero-order chi connectivity index (χ0) is 18.0. The third-order valence-corrected chi connectivity index (χ3v) is 4.88. The number of rotatable bonds is 4. The van der Waals surface area contributed by atoms with Gasteiger partial charge >= 0.3 is 5.69 Å². The Kier molecular flexibility index (Phi) is 4.88. The molecule has 1 saturated heterocycles. The fourth-order valence-electron chi connectivity index (χ4n) is 3.50. The monoisotopic (exact) mass is 341 g/mol. The van der Waals surface area contributed by atoms with E-state index in [1.807, 2.05) is 11.8 Å². The van der Waals surface area contributed by atoms with Gasteiger partial charge in [0.15, 0.2) is 0 Å². The molecule has 25 heavy (non-hydrogen) atoms. The molecule has 1 aromatic heterocycles. The van der Waals surface area contributed by atoms with E-state index in [4.69, 9.17) is 0 Å². The lowest BCUT2D eigenvalue weighted by Crippen LogP contribution is -2.32.